The zero-order chi connectivity index (χ0) is 44.5. The van der Waals surface area contributed by atoms with E-state index in [1.807, 2.05) is 31.2 Å². The molecule has 326 valence electrons. The lowest BCUT2D eigenvalue weighted by molar-refractivity contribution is -0.140. The van der Waals surface area contributed by atoms with E-state index in [4.69, 9.17) is 26.2 Å². The third-order valence-corrected chi connectivity index (χ3v) is 10.00. The number of fused-ring (bicyclic) bond motifs is 5. The second-order valence-corrected chi connectivity index (χ2v) is 14.7. The standard InChI is InChI=1S/C44H57N9O8/c1-5-6-7-29-8-11-34(27(2)22-29)51-39(55)15-14-38(54)49-26-40(56)53(4)41-31-10-13-37(61-21-18-47)33(25-31)32-23-30(9-12-36(32)60-20-17-46)24-35(43(58)48-19-16-45)52-42(57)28(3)50-44(41)59/h8-13,22-23,25,28,35,41H,5-7,14-15,17-21,24,26,46-47H2,1-4H3,(H,48,58)(H,49,54)(H,50,59)(H,51,55)(H,52,57)/t28-,35?,41?/m0/s1. The average molecular weight is 840 g/mol. The zero-order valence-electron chi connectivity index (χ0n) is 35.2. The van der Waals surface area contributed by atoms with Crippen LogP contribution in [0.5, 0.6) is 11.5 Å². The minimum absolute atomic E-state index is 0.00935. The van der Waals surface area contributed by atoms with Gasteiger partial charge < -0.3 is 52.4 Å². The van der Waals surface area contributed by atoms with Gasteiger partial charge in [0, 0.05) is 56.2 Å². The minimum atomic E-state index is -1.35. The molecule has 0 spiro atoms. The molecule has 4 bridgehead atoms. The Labute approximate surface area is 356 Å². The van der Waals surface area contributed by atoms with Gasteiger partial charge in [0.25, 0.3) is 0 Å². The normalized spacial score (nSPS) is 16.1. The number of nitrogens with zero attached hydrogens (tertiary/aromatic N) is 2. The van der Waals surface area contributed by atoms with E-state index >= 15 is 0 Å². The molecule has 1 aliphatic rings. The van der Waals surface area contributed by atoms with Crippen LogP contribution in [0.15, 0.2) is 54.6 Å². The van der Waals surface area contributed by atoms with Gasteiger partial charge in [-0.1, -0.05) is 37.6 Å². The molecule has 0 saturated carbocycles. The number of benzene rings is 3. The Hall–Kier alpha value is -6.51. The van der Waals surface area contributed by atoms with Gasteiger partial charge >= 0.3 is 0 Å². The lowest BCUT2D eigenvalue weighted by Gasteiger charge is -2.30. The smallest absolute Gasteiger partial charge is 0.248 e. The SMILES string of the molecule is CCCCc1ccc(NC(=O)CCC(=O)NCC(=O)N(C)C2C(=O)N[C@@H](C)C(=O)NC(C(=O)NCC#N)Cc3ccc(OCCN)c(c3)-c3cc2ccc3OCCN)c(C)c1. The molecule has 61 heavy (non-hydrogen) atoms. The molecule has 3 aromatic carbocycles. The third kappa shape index (κ3) is 13.5. The summed E-state index contributed by atoms with van der Waals surface area (Å²) in [5, 5.41) is 22.3. The van der Waals surface area contributed by atoms with Crippen molar-refractivity contribution in [3.63, 3.8) is 0 Å². The van der Waals surface area contributed by atoms with Gasteiger partial charge in [0.15, 0.2) is 0 Å². The lowest BCUT2D eigenvalue weighted by atomic mass is 9.93. The molecule has 0 aromatic heterocycles. The molecule has 0 fully saturated rings. The molecule has 4 rings (SSSR count). The maximum Gasteiger partial charge on any atom is 0.248 e. The summed E-state index contributed by atoms with van der Waals surface area (Å²) in [6.07, 6.45) is 2.79. The van der Waals surface area contributed by atoms with Crippen LogP contribution in [0.4, 0.5) is 5.69 Å². The highest BCUT2D eigenvalue weighted by atomic mass is 16.5. The molecule has 17 heteroatoms. The third-order valence-electron chi connectivity index (χ3n) is 10.00. The summed E-state index contributed by atoms with van der Waals surface area (Å²) in [6.45, 7) is 5.37. The number of hydrogen-bond donors (Lipinski definition) is 7. The Morgan fingerprint density at radius 1 is 0.885 bits per heavy atom. The quantitative estimate of drug-likeness (QED) is 0.0911. The van der Waals surface area contributed by atoms with Crippen molar-refractivity contribution in [1.82, 2.24) is 26.2 Å². The molecule has 0 aliphatic carbocycles. The second-order valence-electron chi connectivity index (χ2n) is 14.7. The zero-order valence-corrected chi connectivity index (χ0v) is 35.2. The lowest BCUT2D eigenvalue weighted by Crippen LogP contribution is -2.55. The van der Waals surface area contributed by atoms with E-state index in [2.05, 4.69) is 33.5 Å². The topological polar surface area (TPSA) is 260 Å². The van der Waals surface area contributed by atoms with Gasteiger partial charge in [-0.15, -0.1) is 0 Å². The Bertz CT molecular complexity index is 2100. The number of carbonyl (C=O) groups is 6. The van der Waals surface area contributed by atoms with Crippen LogP contribution in [0.3, 0.4) is 0 Å². The molecule has 0 saturated heterocycles. The number of aryl methyl sites for hydroxylation is 2. The van der Waals surface area contributed by atoms with Gasteiger partial charge in [0.05, 0.1) is 12.6 Å². The minimum Gasteiger partial charge on any atom is -0.492 e. The van der Waals surface area contributed by atoms with Crippen LogP contribution in [0, 0.1) is 18.3 Å². The van der Waals surface area contributed by atoms with Crippen LogP contribution >= 0.6 is 0 Å². The highest BCUT2D eigenvalue weighted by Crippen LogP contribution is 2.40. The first-order valence-corrected chi connectivity index (χ1v) is 20.4. The van der Waals surface area contributed by atoms with Crippen molar-refractivity contribution in [3.05, 3.63) is 76.9 Å². The van der Waals surface area contributed by atoms with Crippen LogP contribution < -0.4 is 47.5 Å². The number of hydrogen-bond acceptors (Lipinski definition) is 11. The summed E-state index contributed by atoms with van der Waals surface area (Å²) < 4.78 is 12.1. The fourth-order valence-electron chi connectivity index (χ4n) is 6.71. The van der Waals surface area contributed by atoms with Crippen molar-refractivity contribution >= 4 is 41.1 Å². The summed E-state index contributed by atoms with van der Waals surface area (Å²) in [7, 11) is 1.39. The first-order chi connectivity index (χ1) is 29.3. The summed E-state index contributed by atoms with van der Waals surface area (Å²) in [5.74, 6) is -2.83. The molecule has 0 radical (unpaired) electrons. The van der Waals surface area contributed by atoms with E-state index in [9.17, 15) is 28.8 Å². The summed E-state index contributed by atoms with van der Waals surface area (Å²) in [5.41, 5.74) is 16.2. The number of nitriles is 1. The van der Waals surface area contributed by atoms with Crippen molar-refractivity contribution < 1.29 is 38.2 Å². The largest absolute Gasteiger partial charge is 0.492 e. The number of nitrogens with two attached hydrogens (primary N) is 2. The number of unbranched alkanes of at least 4 members (excludes halogenated alkanes) is 1. The monoisotopic (exact) mass is 839 g/mol. The second kappa shape index (κ2) is 23.3. The van der Waals surface area contributed by atoms with Crippen molar-refractivity contribution in [3.8, 4) is 28.7 Å². The molecular formula is C44H57N9O8. The highest BCUT2D eigenvalue weighted by Gasteiger charge is 2.33. The van der Waals surface area contributed by atoms with Crippen LogP contribution in [0.1, 0.15) is 67.8 Å². The number of anilines is 1. The summed E-state index contributed by atoms with van der Waals surface area (Å²) in [4.78, 5) is 81.5. The summed E-state index contributed by atoms with van der Waals surface area (Å²) in [6, 6.07) is 14.1. The maximum absolute atomic E-state index is 14.2. The van der Waals surface area contributed by atoms with E-state index in [-0.39, 0.29) is 58.0 Å². The summed E-state index contributed by atoms with van der Waals surface area (Å²) >= 11 is 0. The van der Waals surface area contributed by atoms with Crippen molar-refractivity contribution in [1.29, 1.82) is 5.26 Å². The number of rotatable bonds is 18. The van der Waals surface area contributed by atoms with Crippen molar-refractivity contribution in [2.24, 2.45) is 11.5 Å². The van der Waals surface area contributed by atoms with Gasteiger partial charge in [-0.25, -0.2) is 0 Å². The first-order valence-electron chi connectivity index (χ1n) is 20.4. The maximum atomic E-state index is 14.2. The number of ether oxygens (including phenoxy) is 2. The van der Waals surface area contributed by atoms with Crippen LogP contribution in [0.2, 0.25) is 0 Å². The first kappa shape index (κ1) is 47.2. The predicted molar refractivity (Wildman–Crippen MR) is 229 cm³/mol. The van der Waals surface area contributed by atoms with Gasteiger partial charge in [0.2, 0.25) is 35.4 Å². The van der Waals surface area contributed by atoms with Gasteiger partial charge in [-0.3, -0.25) is 28.8 Å². The van der Waals surface area contributed by atoms with E-state index in [1.165, 1.54) is 19.5 Å². The van der Waals surface area contributed by atoms with Crippen LogP contribution in [-0.4, -0.2) is 98.9 Å². The van der Waals surface area contributed by atoms with E-state index in [0.29, 0.717) is 39.4 Å². The molecule has 17 nitrogen and oxygen atoms in total. The average Bonchev–Trinajstić information content (AvgIpc) is 3.25. The molecule has 9 N–H and O–H groups in total. The van der Waals surface area contributed by atoms with E-state index in [1.54, 1.807) is 36.4 Å². The number of amides is 6. The molecule has 1 heterocycles. The Morgan fingerprint density at radius 3 is 2.21 bits per heavy atom. The highest BCUT2D eigenvalue weighted by molar-refractivity contribution is 5.97. The Kier molecular flexibility index (Phi) is 18.0. The van der Waals surface area contributed by atoms with Gasteiger partial charge in [-0.2, -0.15) is 5.26 Å². The van der Waals surface area contributed by atoms with Crippen LogP contribution in [-0.2, 0) is 41.6 Å². The Morgan fingerprint density at radius 2 is 1.56 bits per heavy atom. The van der Waals surface area contributed by atoms with Gasteiger partial charge in [0.1, 0.15) is 49.4 Å². The molecular weight excluding hydrogens is 783 g/mol. The fraction of sp³-hybridized carbons (Fsp3) is 0.432. The van der Waals surface area contributed by atoms with E-state index in [0.717, 1.165) is 29.7 Å². The van der Waals surface area contributed by atoms with E-state index < -0.39 is 54.2 Å². The number of carbonyl (C=O) groups excluding carboxylic acids is 6. The molecule has 2 unspecified atom stereocenters. The van der Waals surface area contributed by atoms with Crippen LogP contribution in [0.25, 0.3) is 11.1 Å². The van der Waals surface area contributed by atoms with Gasteiger partial charge in [-0.05, 0) is 79.3 Å². The fourth-order valence-corrected chi connectivity index (χ4v) is 6.71. The predicted octanol–water partition coefficient (Wildman–Crippen LogP) is 1.90. The number of nitrogens with one attached hydrogen (secondary N) is 5. The molecule has 1 aliphatic heterocycles. The Balaban J connectivity index is 1.62. The molecule has 3 aromatic rings. The molecule has 6 amide bonds. The molecule has 3 atom stereocenters. The van der Waals surface area contributed by atoms with Crippen molar-refractivity contribution in [2.45, 2.75) is 77.4 Å². The van der Waals surface area contributed by atoms with Crippen molar-refractivity contribution in [2.75, 3.05) is 51.8 Å². The number of likely N-dealkylation sites (N-methyl/N-ethyl adjacent to an activating group) is 1.